The van der Waals surface area contributed by atoms with Crippen LogP contribution >= 0.6 is 10.7 Å². The van der Waals surface area contributed by atoms with Crippen molar-refractivity contribution in [3.05, 3.63) is 28.3 Å². The molecule has 0 unspecified atom stereocenters. The molecule has 8 heteroatoms. The molecule has 1 rings (SSSR count). The van der Waals surface area contributed by atoms with Gasteiger partial charge in [-0.25, -0.2) is 8.42 Å². The number of nitrogens with zero attached hydrogens (tertiary/aromatic N) is 2. The summed E-state index contributed by atoms with van der Waals surface area (Å²) in [6, 6.07) is 3.79. The third-order valence-electron chi connectivity index (χ3n) is 5.68. The zero-order valence-corrected chi connectivity index (χ0v) is 20.7. The summed E-state index contributed by atoms with van der Waals surface area (Å²) in [5, 5.41) is 11.3. The zero-order valence-electron chi connectivity index (χ0n) is 19.2. The molecule has 0 heterocycles. The Labute approximate surface area is 192 Å². The number of anilines is 1. The first-order valence-electron chi connectivity index (χ1n) is 11.7. The third-order valence-corrected chi connectivity index (χ3v) is 7.03. The topological polar surface area (TPSA) is 80.5 Å². The van der Waals surface area contributed by atoms with Crippen molar-refractivity contribution in [1.29, 1.82) is 0 Å². The fourth-order valence-electron chi connectivity index (χ4n) is 3.79. The minimum atomic E-state index is -3.99. The lowest BCUT2D eigenvalue weighted by Crippen LogP contribution is -2.19. The molecule has 0 aliphatic carbocycles. The van der Waals surface area contributed by atoms with E-state index in [2.05, 4.69) is 6.92 Å². The molecule has 0 radical (unpaired) electrons. The molecule has 0 aromatic heterocycles. The molecule has 0 fully saturated rings. The van der Waals surface area contributed by atoms with Crippen LogP contribution in [0.3, 0.4) is 0 Å². The number of unbranched alkanes of at least 4 members (excludes halogenated alkanes) is 13. The molecule has 0 aliphatic rings. The Morgan fingerprint density at radius 1 is 0.871 bits per heavy atom. The molecule has 0 saturated heterocycles. The van der Waals surface area contributed by atoms with E-state index in [1.54, 1.807) is 7.05 Å². The van der Waals surface area contributed by atoms with Crippen molar-refractivity contribution in [2.24, 2.45) is 0 Å². The Morgan fingerprint density at radius 3 is 1.74 bits per heavy atom. The van der Waals surface area contributed by atoms with E-state index in [1.165, 1.54) is 89.2 Å². The Bertz CT molecular complexity index is 756. The van der Waals surface area contributed by atoms with Crippen molar-refractivity contribution in [3.63, 3.8) is 0 Å². The molecule has 178 valence electrons. The quantitative estimate of drug-likeness (QED) is 0.0955. The second-order valence-corrected chi connectivity index (χ2v) is 10.9. The fraction of sp³-hybridized carbons (Fsp3) is 0.739. The maximum atomic E-state index is 11.4. The number of hydrogen-bond donors (Lipinski definition) is 0. The standard InChI is InChI=1S/C23H39ClN2O4S/c1-3-4-5-6-7-8-9-10-11-12-13-14-15-16-19-25(2)22-18-17-21(31(24,29)30)20-23(22)26(27)28/h17-18,20H,3-16,19H2,1-2H3. The average molecular weight is 475 g/mol. The van der Waals surface area contributed by atoms with Gasteiger partial charge in [0.1, 0.15) is 5.69 Å². The second kappa shape index (κ2) is 15.5. The fourth-order valence-corrected chi connectivity index (χ4v) is 4.56. The van der Waals surface area contributed by atoms with Gasteiger partial charge >= 0.3 is 0 Å². The van der Waals surface area contributed by atoms with Gasteiger partial charge in [0, 0.05) is 30.3 Å². The van der Waals surface area contributed by atoms with Crippen LogP contribution in [0.25, 0.3) is 0 Å². The summed E-state index contributed by atoms with van der Waals surface area (Å²) in [5.74, 6) is 0. The second-order valence-electron chi connectivity index (χ2n) is 8.36. The van der Waals surface area contributed by atoms with Crippen molar-refractivity contribution in [1.82, 2.24) is 0 Å². The van der Waals surface area contributed by atoms with E-state index >= 15 is 0 Å². The Kier molecular flexibility index (Phi) is 13.8. The summed E-state index contributed by atoms with van der Waals surface area (Å²) in [5.41, 5.74) is 0.165. The van der Waals surface area contributed by atoms with Gasteiger partial charge < -0.3 is 4.90 Å². The summed E-state index contributed by atoms with van der Waals surface area (Å²) in [7, 11) is 3.10. The van der Waals surface area contributed by atoms with Crippen LogP contribution in [0.5, 0.6) is 0 Å². The van der Waals surface area contributed by atoms with E-state index in [1.807, 2.05) is 4.90 Å². The number of rotatable bonds is 18. The van der Waals surface area contributed by atoms with Crippen molar-refractivity contribution in [3.8, 4) is 0 Å². The first kappa shape index (κ1) is 27.7. The van der Waals surface area contributed by atoms with E-state index in [9.17, 15) is 18.5 Å². The molecular weight excluding hydrogens is 436 g/mol. The molecular formula is C23H39ClN2O4S. The summed E-state index contributed by atoms with van der Waals surface area (Å²) < 4.78 is 22.9. The van der Waals surface area contributed by atoms with E-state index < -0.39 is 14.0 Å². The zero-order chi connectivity index (χ0) is 23.1. The first-order chi connectivity index (χ1) is 14.8. The summed E-state index contributed by atoms with van der Waals surface area (Å²) in [4.78, 5) is 12.3. The van der Waals surface area contributed by atoms with Crippen LogP contribution in [0.4, 0.5) is 11.4 Å². The number of halogens is 1. The van der Waals surface area contributed by atoms with Crippen LogP contribution in [0.2, 0.25) is 0 Å². The van der Waals surface area contributed by atoms with Gasteiger partial charge in [0.15, 0.2) is 0 Å². The highest BCUT2D eigenvalue weighted by molar-refractivity contribution is 8.13. The normalized spacial score (nSPS) is 11.6. The van der Waals surface area contributed by atoms with E-state index in [-0.39, 0.29) is 10.6 Å². The van der Waals surface area contributed by atoms with Gasteiger partial charge in [0.25, 0.3) is 14.7 Å². The molecule has 6 nitrogen and oxygen atoms in total. The molecule has 0 saturated carbocycles. The van der Waals surface area contributed by atoms with Gasteiger partial charge in [-0.05, 0) is 18.6 Å². The molecule has 1 aromatic carbocycles. The predicted octanol–water partition coefficient (Wildman–Crippen LogP) is 7.44. The SMILES string of the molecule is CCCCCCCCCCCCCCCCN(C)c1ccc(S(=O)(=O)Cl)cc1[N+](=O)[O-]. The molecule has 0 atom stereocenters. The highest BCUT2D eigenvalue weighted by Gasteiger charge is 2.21. The third kappa shape index (κ3) is 11.7. The minimum Gasteiger partial charge on any atom is -0.369 e. The minimum absolute atomic E-state index is 0.241. The highest BCUT2D eigenvalue weighted by atomic mass is 35.7. The smallest absolute Gasteiger partial charge is 0.293 e. The van der Waals surface area contributed by atoms with Gasteiger partial charge in [-0.15, -0.1) is 0 Å². The first-order valence-corrected chi connectivity index (χ1v) is 14.0. The van der Waals surface area contributed by atoms with Crippen LogP contribution in [-0.4, -0.2) is 26.9 Å². The highest BCUT2D eigenvalue weighted by Crippen LogP contribution is 2.31. The molecule has 0 amide bonds. The summed E-state index contributed by atoms with van der Waals surface area (Å²) >= 11 is 0. The van der Waals surface area contributed by atoms with E-state index in [4.69, 9.17) is 10.7 Å². The summed E-state index contributed by atoms with van der Waals surface area (Å²) in [6.45, 7) is 2.94. The van der Waals surface area contributed by atoms with Gasteiger partial charge in [-0.2, -0.15) is 0 Å². The number of nitro benzene ring substituents is 1. The van der Waals surface area contributed by atoms with Crippen molar-refractivity contribution in [2.45, 2.75) is 102 Å². The Morgan fingerprint density at radius 2 is 1.32 bits per heavy atom. The van der Waals surface area contributed by atoms with Crippen LogP contribution in [0.15, 0.2) is 23.1 Å². The van der Waals surface area contributed by atoms with Gasteiger partial charge in [0.2, 0.25) is 0 Å². The number of benzene rings is 1. The van der Waals surface area contributed by atoms with Gasteiger partial charge in [0.05, 0.1) is 9.82 Å². The lowest BCUT2D eigenvalue weighted by molar-refractivity contribution is -0.384. The number of nitro groups is 1. The molecule has 0 aliphatic heterocycles. The largest absolute Gasteiger partial charge is 0.369 e. The van der Waals surface area contributed by atoms with Crippen LogP contribution in [0, 0.1) is 10.1 Å². The van der Waals surface area contributed by atoms with Crippen LogP contribution in [0.1, 0.15) is 96.8 Å². The molecule has 0 N–H and O–H groups in total. The molecule has 1 aromatic rings. The maximum absolute atomic E-state index is 11.4. The number of hydrogen-bond acceptors (Lipinski definition) is 5. The van der Waals surface area contributed by atoms with Crippen molar-refractivity contribution < 1.29 is 13.3 Å². The lowest BCUT2D eigenvalue weighted by atomic mass is 10.0. The van der Waals surface area contributed by atoms with Gasteiger partial charge in [-0.1, -0.05) is 90.4 Å². The van der Waals surface area contributed by atoms with Gasteiger partial charge in [-0.3, -0.25) is 10.1 Å². The van der Waals surface area contributed by atoms with E-state index in [0.29, 0.717) is 12.2 Å². The summed E-state index contributed by atoms with van der Waals surface area (Å²) in [6.07, 6.45) is 18.0. The molecule has 0 spiro atoms. The Hall–Kier alpha value is -1.34. The monoisotopic (exact) mass is 474 g/mol. The van der Waals surface area contributed by atoms with Crippen LogP contribution in [-0.2, 0) is 9.05 Å². The molecule has 0 bridgehead atoms. The maximum Gasteiger partial charge on any atom is 0.293 e. The molecule has 31 heavy (non-hydrogen) atoms. The average Bonchev–Trinajstić information content (AvgIpc) is 2.72. The van der Waals surface area contributed by atoms with Crippen molar-refractivity contribution in [2.75, 3.05) is 18.5 Å². The Balaban J connectivity index is 2.20. The van der Waals surface area contributed by atoms with Crippen molar-refractivity contribution >= 4 is 31.1 Å². The lowest BCUT2D eigenvalue weighted by Gasteiger charge is -2.19. The predicted molar refractivity (Wildman–Crippen MR) is 130 cm³/mol. The van der Waals surface area contributed by atoms with Crippen LogP contribution < -0.4 is 4.90 Å². The van der Waals surface area contributed by atoms with E-state index in [0.717, 1.165) is 18.9 Å².